The minimum absolute atomic E-state index is 0.868. The molecule has 0 N–H and O–H groups in total. The molecule has 0 amide bonds. The largest absolute Gasteiger partial charge is 0.497 e. The Bertz CT molecular complexity index is 953. The number of fused-ring (bicyclic) bond motifs is 1. The molecule has 0 atom stereocenters. The van der Waals surface area contributed by atoms with E-state index in [0.717, 1.165) is 31.6 Å². The first kappa shape index (κ1) is 14.8. The zero-order valence-electron chi connectivity index (χ0n) is 12.4. The van der Waals surface area contributed by atoms with Crippen molar-refractivity contribution in [2.24, 2.45) is 0 Å². The van der Waals surface area contributed by atoms with Gasteiger partial charge in [0.05, 0.1) is 10.7 Å². The molecular formula is C19H13IO2S. The van der Waals surface area contributed by atoms with Gasteiger partial charge in [-0.05, 0) is 69.4 Å². The van der Waals surface area contributed by atoms with Crippen LogP contribution in [0.3, 0.4) is 0 Å². The highest BCUT2D eigenvalue weighted by atomic mass is 127. The van der Waals surface area contributed by atoms with Crippen molar-refractivity contribution in [2.75, 3.05) is 7.11 Å². The average molecular weight is 432 g/mol. The van der Waals surface area contributed by atoms with Crippen LogP contribution in [0.15, 0.2) is 63.7 Å². The first-order valence-corrected chi connectivity index (χ1v) is 9.17. The Morgan fingerprint density at radius 2 is 1.74 bits per heavy atom. The third kappa shape index (κ3) is 2.66. The van der Waals surface area contributed by atoms with Gasteiger partial charge in [-0.3, -0.25) is 0 Å². The fourth-order valence-corrected chi connectivity index (χ4v) is 4.09. The third-order valence-corrected chi connectivity index (χ3v) is 5.59. The summed E-state index contributed by atoms with van der Waals surface area (Å²) in [6.45, 7) is 0. The highest BCUT2D eigenvalue weighted by molar-refractivity contribution is 14.1. The van der Waals surface area contributed by atoms with Gasteiger partial charge in [0, 0.05) is 16.3 Å². The number of methoxy groups -OCH3 is 1. The third-order valence-electron chi connectivity index (χ3n) is 3.83. The molecule has 4 heteroatoms. The Kier molecular flexibility index (Phi) is 3.87. The Hall–Kier alpha value is -1.79. The number of hydrogen-bond acceptors (Lipinski definition) is 3. The van der Waals surface area contributed by atoms with Crippen LogP contribution in [0.2, 0.25) is 0 Å². The lowest BCUT2D eigenvalue weighted by molar-refractivity contribution is 0.415. The van der Waals surface area contributed by atoms with Crippen molar-refractivity contribution >= 4 is 44.9 Å². The Morgan fingerprint density at radius 3 is 2.43 bits per heavy atom. The van der Waals surface area contributed by atoms with Gasteiger partial charge in [-0.25, -0.2) is 0 Å². The molecule has 0 saturated carbocycles. The number of benzene rings is 2. The number of furan rings is 1. The summed E-state index contributed by atoms with van der Waals surface area (Å²) in [4.78, 5) is 0. The van der Waals surface area contributed by atoms with Crippen molar-refractivity contribution in [3.8, 4) is 28.2 Å². The van der Waals surface area contributed by atoms with E-state index in [1.807, 2.05) is 18.2 Å². The van der Waals surface area contributed by atoms with Crippen molar-refractivity contribution in [1.82, 2.24) is 0 Å². The van der Waals surface area contributed by atoms with Gasteiger partial charge in [0.15, 0.2) is 0 Å². The van der Waals surface area contributed by atoms with Crippen LogP contribution < -0.4 is 4.74 Å². The van der Waals surface area contributed by atoms with Gasteiger partial charge < -0.3 is 9.15 Å². The van der Waals surface area contributed by atoms with E-state index in [1.54, 1.807) is 18.4 Å². The summed E-state index contributed by atoms with van der Waals surface area (Å²) in [7, 11) is 1.68. The van der Waals surface area contributed by atoms with E-state index in [9.17, 15) is 0 Å². The summed E-state index contributed by atoms with van der Waals surface area (Å²) in [6, 6.07) is 16.5. The predicted octanol–water partition coefficient (Wildman–Crippen LogP) is 6.44. The lowest BCUT2D eigenvalue weighted by atomic mass is 10.0. The molecule has 2 heterocycles. The molecule has 0 saturated heterocycles. The highest BCUT2D eigenvalue weighted by Gasteiger charge is 2.14. The molecule has 0 aliphatic heterocycles. The molecule has 0 bridgehead atoms. The van der Waals surface area contributed by atoms with Gasteiger partial charge in [0.2, 0.25) is 0 Å². The predicted molar refractivity (Wildman–Crippen MR) is 104 cm³/mol. The molecule has 0 radical (unpaired) electrons. The van der Waals surface area contributed by atoms with Crippen LogP contribution in [0.25, 0.3) is 33.4 Å². The maximum Gasteiger partial charge on any atom is 0.149 e. The van der Waals surface area contributed by atoms with Gasteiger partial charge in [-0.15, -0.1) is 0 Å². The minimum atomic E-state index is 0.868. The van der Waals surface area contributed by atoms with Gasteiger partial charge in [0.25, 0.3) is 0 Å². The van der Waals surface area contributed by atoms with Crippen LogP contribution in [0.5, 0.6) is 5.75 Å². The van der Waals surface area contributed by atoms with E-state index >= 15 is 0 Å². The molecular weight excluding hydrogens is 419 g/mol. The fourth-order valence-electron chi connectivity index (χ4n) is 2.61. The number of ether oxygens (including phenoxy) is 1. The molecule has 0 spiro atoms. The Labute approximate surface area is 151 Å². The summed E-state index contributed by atoms with van der Waals surface area (Å²) in [5.74, 6) is 1.82. The second-order valence-corrected chi connectivity index (χ2v) is 7.06. The van der Waals surface area contributed by atoms with E-state index in [-0.39, 0.29) is 0 Å². The van der Waals surface area contributed by atoms with Gasteiger partial charge in [-0.2, -0.15) is 11.3 Å². The van der Waals surface area contributed by atoms with E-state index in [1.165, 1.54) is 11.1 Å². The second kappa shape index (κ2) is 6.02. The topological polar surface area (TPSA) is 22.4 Å². The molecule has 0 unspecified atom stereocenters. The van der Waals surface area contributed by atoms with Crippen LogP contribution in [-0.2, 0) is 0 Å². The summed E-state index contributed by atoms with van der Waals surface area (Å²) in [5.41, 5.74) is 4.41. The number of thiophene rings is 1. The quantitative estimate of drug-likeness (QED) is 0.348. The first-order valence-electron chi connectivity index (χ1n) is 7.15. The molecule has 114 valence electrons. The van der Waals surface area contributed by atoms with E-state index in [4.69, 9.17) is 9.15 Å². The zero-order valence-corrected chi connectivity index (χ0v) is 15.4. The Balaban J connectivity index is 1.82. The summed E-state index contributed by atoms with van der Waals surface area (Å²) < 4.78 is 12.4. The molecule has 4 aromatic rings. The summed E-state index contributed by atoms with van der Waals surface area (Å²) in [5, 5.41) is 5.34. The monoisotopic (exact) mass is 432 g/mol. The zero-order chi connectivity index (χ0) is 15.8. The number of rotatable bonds is 3. The van der Waals surface area contributed by atoms with Crippen molar-refractivity contribution in [3.05, 3.63) is 62.9 Å². The van der Waals surface area contributed by atoms with Crippen LogP contribution in [0, 0.1) is 3.57 Å². The molecule has 0 aliphatic carbocycles. The standard InChI is InChI=1S/C19H13IO2S/c1-21-15-5-2-12(3-6-15)13-4-7-17-16(10-13)18(20)19(22-17)14-8-9-23-11-14/h2-11H,1H3. The Morgan fingerprint density at radius 1 is 0.957 bits per heavy atom. The molecule has 0 fully saturated rings. The van der Waals surface area contributed by atoms with Crippen molar-refractivity contribution < 1.29 is 9.15 Å². The number of halogens is 1. The average Bonchev–Trinajstić information content (AvgIpc) is 3.23. The molecule has 0 aliphatic rings. The molecule has 23 heavy (non-hydrogen) atoms. The maximum atomic E-state index is 6.05. The number of hydrogen-bond donors (Lipinski definition) is 0. The van der Waals surface area contributed by atoms with Crippen molar-refractivity contribution in [3.63, 3.8) is 0 Å². The molecule has 2 aromatic carbocycles. The second-order valence-electron chi connectivity index (χ2n) is 5.20. The van der Waals surface area contributed by atoms with Gasteiger partial charge in [-0.1, -0.05) is 18.2 Å². The SMILES string of the molecule is COc1ccc(-c2ccc3oc(-c4ccsc4)c(I)c3c2)cc1. The lowest BCUT2D eigenvalue weighted by Crippen LogP contribution is -1.83. The van der Waals surface area contributed by atoms with E-state index in [2.05, 4.69) is 63.7 Å². The lowest BCUT2D eigenvalue weighted by Gasteiger charge is -2.04. The van der Waals surface area contributed by atoms with E-state index in [0.29, 0.717) is 0 Å². The summed E-state index contributed by atoms with van der Waals surface area (Å²) >= 11 is 4.05. The smallest absolute Gasteiger partial charge is 0.149 e. The fraction of sp³-hybridized carbons (Fsp3) is 0.0526. The van der Waals surface area contributed by atoms with Crippen LogP contribution >= 0.6 is 33.9 Å². The normalized spacial score (nSPS) is 11.0. The van der Waals surface area contributed by atoms with E-state index < -0.39 is 0 Å². The minimum Gasteiger partial charge on any atom is -0.497 e. The first-order chi connectivity index (χ1) is 11.3. The van der Waals surface area contributed by atoms with Gasteiger partial charge in [0.1, 0.15) is 17.1 Å². The molecule has 2 nitrogen and oxygen atoms in total. The summed E-state index contributed by atoms with van der Waals surface area (Å²) in [6.07, 6.45) is 0. The highest BCUT2D eigenvalue weighted by Crippen LogP contribution is 2.37. The van der Waals surface area contributed by atoms with Crippen molar-refractivity contribution in [2.45, 2.75) is 0 Å². The van der Waals surface area contributed by atoms with Crippen molar-refractivity contribution in [1.29, 1.82) is 0 Å². The molecule has 4 rings (SSSR count). The van der Waals surface area contributed by atoms with Crippen LogP contribution in [0.4, 0.5) is 0 Å². The molecule has 2 aromatic heterocycles. The maximum absolute atomic E-state index is 6.05. The van der Waals surface area contributed by atoms with Crippen LogP contribution in [0.1, 0.15) is 0 Å². The van der Waals surface area contributed by atoms with Crippen LogP contribution in [-0.4, -0.2) is 7.11 Å². The van der Waals surface area contributed by atoms with Gasteiger partial charge >= 0.3 is 0 Å².